The lowest BCUT2D eigenvalue weighted by atomic mass is 10.0. The minimum atomic E-state index is -1.20. The smallest absolute Gasteiger partial charge is 0.341 e. The summed E-state index contributed by atoms with van der Waals surface area (Å²) in [6.07, 6.45) is 1.60. The summed E-state index contributed by atoms with van der Waals surface area (Å²) >= 11 is 0. The molecule has 1 aromatic heterocycles. The molecule has 0 saturated heterocycles. The van der Waals surface area contributed by atoms with Crippen molar-refractivity contribution >= 4 is 5.97 Å². The number of carbonyl (C=O) groups is 1. The van der Waals surface area contributed by atoms with Crippen molar-refractivity contribution in [3.63, 3.8) is 0 Å². The highest BCUT2D eigenvalue weighted by Gasteiger charge is 2.10. The third kappa shape index (κ3) is 3.21. The molecule has 0 aliphatic heterocycles. The quantitative estimate of drug-likeness (QED) is 0.805. The number of aromatic carboxylic acids is 1. The number of carboxylic acids is 1. The van der Waals surface area contributed by atoms with Crippen LogP contribution in [0.2, 0.25) is 0 Å². The number of benzene rings is 2. The fourth-order valence-corrected chi connectivity index (χ4v) is 2.45. The number of hydrogen-bond donors (Lipinski definition) is 1. The topological polar surface area (TPSA) is 59.3 Å². The Balaban J connectivity index is 1.86. The van der Waals surface area contributed by atoms with Gasteiger partial charge in [-0.3, -0.25) is 4.79 Å². The van der Waals surface area contributed by atoms with Crippen molar-refractivity contribution in [1.82, 2.24) is 4.57 Å². The van der Waals surface area contributed by atoms with Gasteiger partial charge in [0.05, 0.1) is 6.54 Å². The molecular formula is C19H15NO3. The van der Waals surface area contributed by atoms with Crippen LogP contribution in [-0.4, -0.2) is 15.6 Å². The average Bonchev–Trinajstić information content (AvgIpc) is 2.58. The van der Waals surface area contributed by atoms with Gasteiger partial charge in [0.1, 0.15) is 5.56 Å². The Kier molecular flexibility index (Phi) is 4.06. The zero-order valence-corrected chi connectivity index (χ0v) is 12.3. The molecule has 0 amide bonds. The van der Waals surface area contributed by atoms with Crippen LogP contribution in [0.3, 0.4) is 0 Å². The summed E-state index contributed by atoms with van der Waals surface area (Å²) < 4.78 is 1.40. The van der Waals surface area contributed by atoms with Crippen molar-refractivity contribution < 1.29 is 9.90 Å². The lowest BCUT2D eigenvalue weighted by Crippen LogP contribution is -2.25. The van der Waals surface area contributed by atoms with Gasteiger partial charge in [0.15, 0.2) is 0 Å². The van der Waals surface area contributed by atoms with E-state index in [-0.39, 0.29) is 5.56 Å². The molecule has 0 atom stereocenters. The van der Waals surface area contributed by atoms with Gasteiger partial charge < -0.3 is 9.67 Å². The SMILES string of the molecule is O=C(O)c1cccn(Cc2ccc(-c3ccccc3)cc2)c1=O. The number of nitrogens with zero attached hydrogens (tertiary/aromatic N) is 1. The predicted molar refractivity (Wildman–Crippen MR) is 88.6 cm³/mol. The van der Waals surface area contributed by atoms with Crippen LogP contribution in [0.1, 0.15) is 15.9 Å². The van der Waals surface area contributed by atoms with E-state index in [1.807, 2.05) is 54.6 Å². The van der Waals surface area contributed by atoms with Crippen molar-refractivity contribution in [2.45, 2.75) is 6.54 Å². The molecule has 4 nitrogen and oxygen atoms in total. The van der Waals surface area contributed by atoms with E-state index in [2.05, 4.69) is 0 Å². The largest absolute Gasteiger partial charge is 0.477 e. The van der Waals surface area contributed by atoms with Gasteiger partial charge in [-0.1, -0.05) is 54.6 Å². The Labute approximate surface area is 133 Å². The molecule has 0 fully saturated rings. The number of aromatic nitrogens is 1. The maximum atomic E-state index is 12.1. The van der Waals surface area contributed by atoms with Crippen LogP contribution in [0.15, 0.2) is 77.7 Å². The van der Waals surface area contributed by atoms with Crippen LogP contribution in [0.5, 0.6) is 0 Å². The summed E-state index contributed by atoms with van der Waals surface area (Å²) in [4.78, 5) is 23.1. The van der Waals surface area contributed by atoms with E-state index >= 15 is 0 Å². The third-order valence-corrected chi connectivity index (χ3v) is 3.66. The molecular weight excluding hydrogens is 290 g/mol. The van der Waals surface area contributed by atoms with Crippen molar-refractivity contribution in [3.05, 3.63) is 94.4 Å². The molecule has 114 valence electrons. The predicted octanol–water partition coefficient (Wildman–Crippen LogP) is 3.26. The van der Waals surface area contributed by atoms with E-state index in [4.69, 9.17) is 5.11 Å². The summed E-state index contributed by atoms with van der Waals surface area (Å²) in [7, 11) is 0. The van der Waals surface area contributed by atoms with Crippen LogP contribution in [-0.2, 0) is 6.54 Å². The molecule has 0 aliphatic carbocycles. The molecule has 1 heterocycles. The van der Waals surface area contributed by atoms with Gasteiger partial charge in [-0.25, -0.2) is 4.79 Å². The van der Waals surface area contributed by atoms with E-state index in [1.54, 1.807) is 12.3 Å². The first kappa shape index (κ1) is 14.8. The van der Waals surface area contributed by atoms with Gasteiger partial charge in [-0.05, 0) is 28.8 Å². The first-order valence-corrected chi connectivity index (χ1v) is 7.22. The summed E-state index contributed by atoms with van der Waals surface area (Å²) in [6, 6.07) is 20.8. The van der Waals surface area contributed by atoms with E-state index in [1.165, 1.54) is 10.6 Å². The van der Waals surface area contributed by atoms with Crippen LogP contribution in [0.25, 0.3) is 11.1 Å². The minimum Gasteiger partial charge on any atom is -0.477 e. The molecule has 2 aromatic carbocycles. The third-order valence-electron chi connectivity index (χ3n) is 3.66. The second-order valence-electron chi connectivity index (χ2n) is 5.22. The van der Waals surface area contributed by atoms with Crippen LogP contribution >= 0.6 is 0 Å². The Bertz CT molecular complexity index is 880. The van der Waals surface area contributed by atoms with Crippen LogP contribution < -0.4 is 5.56 Å². The molecule has 0 saturated carbocycles. The Hall–Kier alpha value is -3.14. The molecule has 0 bridgehead atoms. The molecule has 4 heteroatoms. The van der Waals surface area contributed by atoms with Gasteiger partial charge >= 0.3 is 5.97 Å². The first-order valence-electron chi connectivity index (χ1n) is 7.22. The number of carboxylic acid groups (broad SMARTS) is 1. The maximum Gasteiger partial charge on any atom is 0.341 e. The van der Waals surface area contributed by atoms with Crippen LogP contribution in [0.4, 0.5) is 0 Å². The minimum absolute atomic E-state index is 0.214. The van der Waals surface area contributed by atoms with Crippen molar-refractivity contribution in [2.24, 2.45) is 0 Å². The van der Waals surface area contributed by atoms with Crippen molar-refractivity contribution in [1.29, 1.82) is 0 Å². The lowest BCUT2D eigenvalue weighted by Gasteiger charge is -2.08. The number of hydrogen-bond acceptors (Lipinski definition) is 2. The number of rotatable bonds is 4. The highest BCUT2D eigenvalue weighted by atomic mass is 16.4. The van der Waals surface area contributed by atoms with Crippen molar-refractivity contribution in [2.75, 3.05) is 0 Å². The summed E-state index contributed by atoms with van der Waals surface area (Å²) in [6.45, 7) is 0.342. The molecule has 1 N–H and O–H groups in total. The fraction of sp³-hybridized carbons (Fsp3) is 0.0526. The van der Waals surface area contributed by atoms with E-state index < -0.39 is 11.5 Å². The van der Waals surface area contributed by atoms with E-state index in [0.29, 0.717) is 6.54 Å². The average molecular weight is 305 g/mol. The normalized spacial score (nSPS) is 10.4. The van der Waals surface area contributed by atoms with Gasteiger partial charge in [0.2, 0.25) is 0 Å². The second-order valence-corrected chi connectivity index (χ2v) is 5.22. The molecule has 3 aromatic rings. The molecule has 0 aliphatic rings. The molecule has 23 heavy (non-hydrogen) atoms. The van der Waals surface area contributed by atoms with Gasteiger partial charge in [-0.15, -0.1) is 0 Å². The van der Waals surface area contributed by atoms with Crippen LogP contribution in [0, 0.1) is 0 Å². The Morgan fingerprint density at radius 2 is 1.52 bits per heavy atom. The van der Waals surface area contributed by atoms with Gasteiger partial charge in [0.25, 0.3) is 5.56 Å². The first-order chi connectivity index (χ1) is 11.1. The van der Waals surface area contributed by atoms with Gasteiger partial charge in [0, 0.05) is 6.20 Å². The molecule has 3 rings (SSSR count). The van der Waals surface area contributed by atoms with E-state index in [0.717, 1.165) is 16.7 Å². The molecule has 0 unspecified atom stereocenters. The lowest BCUT2D eigenvalue weighted by molar-refractivity contribution is 0.0694. The van der Waals surface area contributed by atoms with Gasteiger partial charge in [-0.2, -0.15) is 0 Å². The fourth-order valence-electron chi connectivity index (χ4n) is 2.45. The second kappa shape index (κ2) is 6.32. The standard InChI is InChI=1S/C19H15NO3/c21-18-17(19(22)23)7-4-12-20(18)13-14-8-10-16(11-9-14)15-5-2-1-3-6-15/h1-12H,13H2,(H,22,23). The Morgan fingerprint density at radius 1 is 0.870 bits per heavy atom. The maximum absolute atomic E-state index is 12.1. The zero-order chi connectivity index (χ0) is 16.2. The summed E-state index contributed by atoms with van der Waals surface area (Å²) in [5, 5.41) is 9.01. The van der Waals surface area contributed by atoms with E-state index in [9.17, 15) is 9.59 Å². The highest BCUT2D eigenvalue weighted by Crippen LogP contribution is 2.19. The highest BCUT2D eigenvalue weighted by molar-refractivity contribution is 5.86. The van der Waals surface area contributed by atoms with Crippen molar-refractivity contribution in [3.8, 4) is 11.1 Å². The Morgan fingerprint density at radius 3 is 2.17 bits per heavy atom. The number of pyridine rings is 1. The molecule has 0 radical (unpaired) electrons. The summed E-state index contributed by atoms with van der Waals surface area (Å²) in [5.41, 5.74) is 2.46. The zero-order valence-electron chi connectivity index (χ0n) is 12.3. The molecule has 0 spiro atoms. The monoisotopic (exact) mass is 305 g/mol. The summed E-state index contributed by atoms with van der Waals surface area (Å²) in [5.74, 6) is -1.20.